The lowest BCUT2D eigenvalue weighted by Crippen LogP contribution is -2.38. The molecule has 1 aromatic carbocycles. The van der Waals surface area contributed by atoms with Gasteiger partial charge < -0.3 is 9.32 Å². The van der Waals surface area contributed by atoms with Crippen LogP contribution in [-0.2, 0) is 0 Å². The van der Waals surface area contributed by atoms with Crippen molar-refractivity contribution >= 4 is 17.5 Å². The van der Waals surface area contributed by atoms with Gasteiger partial charge in [-0.1, -0.05) is 17.7 Å². The van der Waals surface area contributed by atoms with E-state index in [1.165, 1.54) is 6.39 Å². The van der Waals surface area contributed by atoms with Gasteiger partial charge in [0.25, 0.3) is 5.91 Å². The van der Waals surface area contributed by atoms with Gasteiger partial charge in [0.15, 0.2) is 0 Å². The summed E-state index contributed by atoms with van der Waals surface area (Å²) in [5.41, 5.74) is 0.633. The molecule has 3 rings (SSSR count). The molecule has 104 valence electrons. The lowest BCUT2D eigenvalue weighted by atomic mass is 9.96. The molecule has 0 bridgehead atoms. The molecule has 20 heavy (non-hydrogen) atoms. The summed E-state index contributed by atoms with van der Waals surface area (Å²) in [6.07, 6.45) is 3.03. The van der Waals surface area contributed by atoms with Gasteiger partial charge in [-0.3, -0.25) is 4.79 Å². The van der Waals surface area contributed by atoms with Crippen molar-refractivity contribution < 1.29 is 9.21 Å². The van der Waals surface area contributed by atoms with Gasteiger partial charge in [-0.05, 0) is 31.0 Å². The van der Waals surface area contributed by atoms with Crippen LogP contribution >= 0.6 is 11.6 Å². The van der Waals surface area contributed by atoms with Crippen molar-refractivity contribution in [3.05, 3.63) is 47.1 Å². The molecule has 0 radical (unpaired) electrons. The zero-order chi connectivity index (χ0) is 13.9. The van der Waals surface area contributed by atoms with E-state index in [4.69, 9.17) is 16.0 Å². The van der Waals surface area contributed by atoms with E-state index in [9.17, 15) is 4.79 Å². The lowest BCUT2D eigenvalue weighted by molar-refractivity contribution is 0.0706. The number of carbonyl (C=O) groups is 1. The van der Waals surface area contributed by atoms with Gasteiger partial charge in [0.2, 0.25) is 12.3 Å². The van der Waals surface area contributed by atoms with Gasteiger partial charge in [-0.15, -0.1) is 10.2 Å². The van der Waals surface area contributed by atoms with Crippen molar-refractivity contribution in [2.45, 2.75) is 18.8 Å². The molecule has 0 spiro atoms. The highest BCUT2D eigenvalue weighted by Crippen LogP contribution is 2.27. The second-order valence-electron chi connectivity index (χ2n) is 4.85. The first-order valence-electron chi connectivity index (χ1n) is 6.55. The van der Waals surface area contributed by atoms with E-state index in [1.807, 2.05) is 4.90 Å². The Bertz CT molecular complexity index is 592. The minimum atomic E-state index is 0.0245. The molecule has 1 fully saturated rings. The third-order valence-electron chi connectivity index (χ3n) is 3.58. The number of benzene rings is 1. The highest BCUT2D eigenvalue weighted by molar-refractivity contribution is 6.30. The average Bonchev–Trinajstić information content (AvgIpc) is 3.01. The maximum atomic E-state index is 12.4. The molecule has 1 amide bonds. The number of rotatable bonds is 2. The second-order valence-corrected chi connectivity index (χ2v) is 5.29. The molecule has 1 aromatic heterocycles. The number of aromatic nitrogens is 2. The number of amides is 1. The van der Waals surface area contributed by atoms with Crippen molar-refractivity contribution in [3.63, 3.8) is 0 Å². The predicted molar refractivity (Wildman–Crippen MR) is 73.6 cm³/mol. The molecule has 0 unspecified atom stereocenters. The third kappa shape index (κ3) is 2.67. The van der Waals surface area contributed by atoms with Crippen LogP contribution in [0.2, 0.25) is 5.02 Å². The van der Waals surface area contributed by atoms with Crippen LogP contribution in [0.25, 0.3) is 0 Å². The van der Waals surface area contributed by atoms with Crippen molar-refractivity contribution in [2.75, 3.05) is 13.1 Å². The maximum Gasteiger partial charge on any atom is 0.253 e. The number of piperidine rings is 1. The molecule has 6 heteroatoms. The van der Waals surface area contributed by atoms with Gasteiger partial charge in [0, 0.05) is 29.6 Å². The number of carbonyl (C=O) groups excluding carboxylic acids is 1. The van der Waals surface area contributed by atoms with E-state index >= 15 is 0 Å². The monoisotopic (exact) mass is 291 g/mol. The summed E-state index contributed by atoms with van der Waals surface area (Å²) in [7, 11) is 0. The van der Waals surface area contributed by atoms with E-state index in [2.05, 4.69) is 10.2 Å². The van der Waals surface area contributed by atoms with Gasteiger partial charge >= 0.3 is 0 Å². The lowest BCUT2D eigenvalue weighted by Gasteiger charge is -2.30. The Morgan fingerprint density at radius 3 is 2.80 bits per heavy atom. The number of hydrogen-bond acceptors (Lipinski definition) is 4. The van der Waals surface area contributed by atoms with E-state index in [0.29, 0.717) is 29.6 Å². The molecule has 5 nitrogen and oxygen atoms in total. The quantitative estimate of drug-likeness (QED) is 0.853. The minimum absolute atomic E-state index is 0.0245. The zero-order valence-electron chi connectivity index (χ0n) is 10.8. The Morgan fingerprint density at radius 2 is 2.15 bits per heavy atom. The van der Waals surface area contributed by atoms with Gasteiger partial charge in [0.1, 0.15) is 0 Å². The smallest absolute Gasteiger partial charge is 0.253 e. The van der Waals surface area contributed by atoms with Crippen LogP contribution in [0.4, 0.5) is 0 Å². The zero-order valence-corrected chi connectivity index (χ0v) is 11.6. The Kier molecular flexibility index (Phi) is 3.69. The highest BCUT2D eigenvalue weighted by Gasteiger charge is 2.27. The maximum absolute atomic E-state index is 12.4. The topological polar surface area (TPSA) is 59.2 Å². The van der Waals surface area contributed by atoms with Crippen LogP contribution in [0, 0.1) is 0 Å². The van der Waals surface area contributed by atoms with Crippen LogP contribution in [0.15, 0.2) is 35.1 Å². The Morgan fingerprint density at radius 1 is 1.35 bits per heavy atom. The van der Waals surface area contributed by atoms with Crippen molar-refractivity contribution in [3.8, 4) is 0 Å². The third-order valence-corrected chi connectivity index (χ3v) is 3.81. The normalized spacial score (nSPS) is 16.4. The number of likely N-dealkylation sites (tertiary alicyclic amines) is 1. The standard InChI is InChI=1S/C14H14ClN3O2/c15-12-3-1-2-11(8-12)14(19)18-6-4-10(5-7-18)13-17-16-9-20-13/h1-3,8-10H,4-7H2. The van der Waals surface area contributed by atoms with Crippen molar-refractivity contribution in [1.82, 2.24) is 15.1 Å². The highest BCUT2D eigenvalue weighted by atomic mass is 35.5. The molecule has 2 heterocycles. The summed E-state index contributed by atoms with van der Waals surface area (Å²) in [4.78, 5) is 14.2. The molecule has 0 saturated carbocycles. The Balaban J connectivity index is 1.65. The second kappa shape index (κ2) is 5.63. The van der Waals surface area contributed by atoms with Crippen molar-refractivity contribution in [1.29, 1.82) is 0 Å². The molecule has 1 aliphatic rings. The number of halogens is 1. The first-order chi connectivity index (χ1) is 9.74. The SMILES string of the molecule is O=C(c1cccc(Cl)c1)N1CCC(c2nnco2)CC1. The molecule has 2 aromatic rings. The molecular formula is C14H14ClN3O2. The summed E-state index contributed by atoms with van der Waals surface area (Å²) in [6.45, 7) is 1.39. The minimum Gasteiger partial charge on any atom is -0.428 e. The van der Waals surface area contributed by atoms with Crippen molar-refractivity contribution in [2.24, 2.45) is 0 Å². The molecule has 1 aliphatic heterocycles. The summed E-state index contributed by atoms with van der Waals surface area (Å²) in [5.74, 6) is 0.942. The Hall–Kier alpha value is -1.88. The van der Waals surface area contributed by atoms with E-state index in [-0.39, 0.29) is 11.8 Å². The van der Waals surface area contributed by atoms with Crippen LogP contribution in [-0.4, -0.2) is 34.1 Å². The van der Waals surface area contributed by atoms with Crippen LogP contribution in [0.5, 0.6) is 0 Å². The largest absolute Gasteiger partial charge is 0.428 e. The fourth-order valence-corrected chi connectivity index (χ4v) is 2.68. The average molecular weight is 292 g/mol. The first-order valence-corrected chi connectivity index (χ1v) is 6.93. The molecule has 1 saturated heterocycles. The fraction of sp³-hybridized carbons (Fsp3) is 0.357. The van der Waals surface area contributed by atoms with Crippen LogP contribution < -0.4 is 0 Å². The van der Waals surface area contributed by atoms with Crippen LogP contribution in [0.1, 0.15) is 35.0 Å². The molecule has 0 aliphatic carbocycles. The fourth-order valence-electron chi connectivity index (χ4n) is 2.49. The summed E-state index contributed by atoms with van der Waals surface area (Å²) in [5, 5.41) is 8.22. The number of nitrogens with zero attached hydrogens (tertiary/aromatic N) is 3. The molecular weight excluding hydrogens is 278 g/mol. The van der Waals surface area contributed by atoms with Crippen LogP contribution in [0.3, 0.4) is 0 Å². The Labute approximate surface area is 121 Å². The van der Waals surface area contributed by atoms with E-state index in [1.54, 1.807) is 24.3 Å². The summed E-state index contributed by atoms with van der Waals surface area (Å²) >= 11 is 5.92. The predicted octanol–water partition coefficient (Wildman–Crippen LogP) is 2.74. The molecule has 0 atom stereocenters. The molecule has 0 N–H and O–H groups in total. The van der Waals surface area contributed by atoms with E-state index in [0.717, 1.165) is 12.8 Å². The van der Waals surface area contributed by atoms with Gasteiger partial charge in [-0.2, -0.15) is 0 Å². The van der Waals surface area contributed by atoms with E-state index < -0.39 is 0 Å². The van der Waals surface area contributed by atoms with Gasteiger partial charge in [0.05, 0.1) is 0 Å². The summed E-state index contributed by atoms with van der Waals surface area (Å²) in [6, 6.07) is 7.05. The summed E-state index contributed by atoms with van der Waals surface area (Å²) < 4.78 is 5.23. The number of hydrogen-bond donors (Lipinski definition) is 0. The first kappa shape index (κ1) is 13.1. The van der Waals surface area contributed by atoms with Gasteiger partial charge in [-0.25, -0.2) is 0 Å².